The summed E-state index contributed by atoms with van der Waals surface area (Å²) in [6, 6.07) is 7.43. The highest BCUT2D eigenvalue weighted by atomic mass is 32.1. The molecule has 206 valence electrons. The van der Waals surface area contributed by atoms with Gasteiger partial charge in [0.1, 0.15) is 0 Å². The van der Waals surface area contributed by atoms with Gasteiger partial charge in [-0.25, -0.2) is 9.97 Å². The summed E-state index contributed by atoms with van der Waals surface area (Å²) in [6.07, 6.45) is -2.37. The lowest BCUT2D eigenvalue weighted by Crippen LogP contribution is -2.48. The van der Waals surface area contributed by atoms with Crippen molar-refractivity contribution < 1.29 is 22.7 Å². The van der Waals surface area contributed by atoms with E-state index in [0.717, 1.165) is 31.8 Å². The third-order valence-electron chi connectivity index (χ3n) is 7.16. The monoisotopic (exact) mass is 559 g/mol. The summed E-state index contributed by atoms with van der Waals surface area (Å²) in [4.78, 5) is 32.0. The number of nitrogens with one attached hydrogen (secondary N) is 1. The predicted octanol–water partition coefficient (Wildman–Crippen LogP) is 3.46. The van der Waals surface area contributed by atoms with Crippen molar-refractivity contribution in [2.24, 2.45) is 5.73 Å². The third kappa shape index (κ3) is 5.57. The van der Waals surface area contributed by atoms with Gasteiger partial charge in [0.25, 0.3) is 0 Å². The zero-order valence-electron chi connectivity index (χ0n) is 21.1. The van der Waals surface area contributed by atoms with Crippen LogP contribution in [0.2, 0.25) is 0 Å². The van der Waals surface area contributed by atoms with Gasteiger partial charge in [-0.3, -0.25) is 14.6 Å². The Morgan fingerprint density at radius 2 is 1.79 bits per heavy atom. The van der Waals surface area contributed by atoms with Crippen LogP contribution in [-0.2, 0) is 11.3 Å². The highest BCUT2D eigenvalue weighted by molar-refractivity contribution is 7.19. The fourth-order valence-electron chi connectivity index (χ4n) is 5.23. The molecule has 0 atom stereocenters. The van der Waals surface area contributed by atoms with Crippen molar-refractivity contribution in [3.63, 3.8) is 0 Å². The molecule has 0 unspecified atom stereocenters. The fraction of sp³-hybridized carbons (Fsp3) is 0.423. The number of halogens is 3. The lowest BCUT2D eigenvalue weighted by atomic mass is 10.0. The van der Waals surface area contributed by atoms with Gasteiger partial charge in [-0.05, 0) is 24.3 Å². The number of fused-ring (bicyclic) bond motifs is 2. The third-order valence-corrected chi connectivity index (χ3v) is 8.26. The number of benzene rings is 1. The van der Waals surface area contributed by atoms with Gasteiger partial charge in [-0.2, -0.15) is 13.2 Å². The molecule has 0 spiro atoms. The molecule has 6 rings (SSSR count). The van der Waals surface area contributed by atoms with Gasteiger partial charge in [0.2, 0.25) is 5.91 Å². The molecule has 13 heteroatoms. The molecule has 0 bridgehead atoms. The van der Waals surface area contributed by atoms with Crippen LogP contribution < -0.4 is 10.6 Å². The quantitative estimate of drug-likeness (QED) is 0.373. The van der Waals surface area contributed by atoms with Crippen molar-refractivity contribution in [2.45, 2.75) is 12.7 Å². The topological polar surface area (TPSA) is 104 Å². The Balaban J connectivity index is 1.35. The highest BCUT2D eigenvalue weighted by Crippen LogP contribution is 2.37. The lowest BCUT2D eigenvalue weighted by Gasteiger charge is -2.34. The van der Waals surface area contributed by atoms with Crippen molar-refractivity contribution in [1.82, 2.24) is 24.8 Å². The number of amides is 1. The Hall–Kier alpha value is -3.26. The number of thiophene rings is 1. The first-order chi connectivity index (χ1) is 18.7. The molecule has 4 aromatic rings. The van der Waals surface area contributed by atoms with E-state index in [-0.39, 0.29) is 0 Å². The van der Waals surface area contributed by atoms with Gasteiger partial charge in [-0.15, -0.1) is 11.3 Å². The molecule has 1 aromatic carbocycles. The number of nitrogens with two attached hydrogens (primary N) is 1. The SMILES string of the molecule is NC(=O)c1cc(-c2nc(N3CCOCC3)c3sc(CN4CCN(CC(F)(F)F)CC4)cc3n2)c2cc[nH]c2c1. The van der Waals surface area contributed by atoms with E-state index in [4.69, 9.17) is 20.4 Å². The molecule has 2 aliphatic heterocycles. The van der Waals surface area contributed by atoms with Crippen LogP contribution in [0.4, 0.5) is 19.0 Å². The smallest absolute Gasteiger partial charge is 0.378 e. The number of ether oxygens (including phenoxy) is 1. The second kappa shape index (κ2) is 10.4. The minimum Gasteiger partial charge on any atom is -0.378 e. The second-order valence-corrected chi connectivity index (χ2v) is 11.0. The van der Waals surface area contributed by atoms with Crippen LogP contribution in [0.5, 0.6) is 0 Å². The maximum atomic E-state index is 12.8. The van der Waals surface area contributed by atoms with E-state index in [1.807, 2.05) is 12.1 Å². The van der Waals surface area contributed by atoms with Gasteiger partial charge >= 0.3 is 6.18 Å². The Labute approximate surface area is 226 Å². The number of aromatic nitrogens is 3. The van der Waals surface area contributed by atoms with E-state index in [2.05, 4.69) is 14.8 Å². The summed E-state index contributed by atoms with van der Waals surface area (Å²) in [5.41, 5.74) is 8.26. The first-order valence-corrected chi connectivity index (χ1v) is 13.6. The van der Waals surface area contributed by atoms with Gasteiger partial charge in [-0.1, -0.05) is 0 Å². The maximum absolute atomic E-state index is 12.8. The van der Waals surface area contributed by atoms with Crippen LogP contribution in [0.1, 0.15) is 15.2 Å². The Kier molecular flexibility index (Phi) is 6.91. The van der Waals surface area contributed by atoms with Gasteiger partial charge in [0.15, 0.2) is 11.6 Å². The number of hydrogen-bond acceptors (Lipinski definition) is 8. The summed E-state index contributed by atoms with van der Waals surface area (Å²) in [5.74, 6) is 0.787. The molecule has 2 fully saturated rings. The van der Waals surface area contributed by atoms with Gasteiger partial charge in [0.05, 0.1) is 30.0 Å². The number of alkyl halides is 3. The van der Waals surface area contributed by atoms with Crippen molar-refractivity contribution in [2.75, 3.05) is 63.9 Å². The van der Waals surface area contributed by atoms with Gasteiger partial charge < -0.3 is 20.4 Å². The number of carbonyl (C=O) groups is 1. The normalized spacial score (nSPS) is 17.9. The molecule has 2 saturated heterocycles. The predicted molar refractivity (Wildman–Crippen MR) is 144 cm³/mol. The van der Waals surface area contributed by atoms with E-state index >= 15 is 0 Å². The summed E-state index contributed by atoms with van der Waals surface area (Å²) in [7, 11) is 0. The number of piperazine rings is 1. The summed E-state index contributed by atoms with van der Waals surface area (Å²) < 4.78 is 44.9. The van der Waals surface area contributed by atoms with E-state index in [1.54, 1.807) is 29.7 Å². The molecule has 2 aliphatic rings. The van der Waals surface area contributed by atoms with E-state index in [9.17, 15) is 18.0 Å². The lowest BCUT2D eigenvalue weighted by molar-refractivity contribution is -0.149. The molecule has 1 amide bonds. The number of nitrogens with zero attached hydrogens (tertiary/aromatic N) is 5. The largest absolute Gasteiger partial charge is 0.401 e. The summed E-state index contributed by atoms with van der Waals surface area (Å²) in [5, 5.41) is 0.888. The Morgan fingerprint density at radius 3 is 2.51 bits per heavy atom. The van der Waals surface area contributed by atoms with Crippen LogP contribution in [0.25, 0.3) is 32.5 Å². The molecule has 0 radical (unpaired) electrons. The van der Waals surface area contributed by atoms with Crippen molar-refractivity contribution >= 4 is 44.2 Å². The number of hydrogen-bond donors (Lipinski definition) is 2. The molecular weight excluding hydrogens is 531 g/mol. The Bertz CT molecular complexity index is 1500. The molecule has 0 saturated carbocycles. The van der Waals surface area contributed by atoms with E-state index in [1.165, 1.54) is 4.90 Å². The molecule has 9 nitrogen and oxygen atoms in total. The molecular formula is C26H28F3N7O2S. The number of aromatic amines is 1. The summed E-state index contributed by atoms with van der Waals surface area (Å²) >= 11 is 1.62. The van der Waals surface area contributed by atoms with Crippen LogP contribution in [0.3, 0.4) is 0 Å². The van der Waals surface area contributed by atoms with Gasteiger partial charge in [0, 0.05) is 78.9 Å². The number of anilines is 1. The van der Waals surface area contributed by atoms with Crippen LogP contribution >= 0.6 is 11.3 Å². The first-order valence-electron chi connectivity index (χ1n) is 12.8. The number of primary amides is 1. The van der Waals surface area contributed by atoms with Crippen molar-refractivity contribution in [1.29, 1.82) is 0 Å². The second-order valence-electron chi connectivity index (χ2n) is 9.89. The zero-order chi connectivity index (χ0) is 27.1. The minimum absolute atomic E-state index is 0.368. The molecule has 39 heavy (non-hydrogen) atoms. The van der Waals surface area contributed by atoms with E-state index in [0.29, 0.717) is 76.0 Å². The zero-order valence-corrected chi connectivity index (χ0v) is 21.9. The van der Waals surface area contributed by atoms with Crippen LogP contribution in [0, 0.1) is 0 Å². The average molecular weight is 560 g/mol. The first kappa shape index (κ1) is 26.0. The fourth-order valence-corrected chi connectivity index (χ4v) is 6.38. The highest BCUT2D eigenvalue weighted by Gasteiger charge is 2.32. The van der Waals surface area contributed by atoms with Crippen LogP contribution in [-0.4, -0.2) is 95.9 Å². The number of H-pyrrole nitrogens is 1. The van der Waals surface area contributed by atoms with E-state index < -0.39 is 18.6 Å². The Morgan fingerprint density at radius 1 is 1.05 bits per heavy atom. The molecule has 5 heterocycles. The summed E-state index contributed by atoms with van der Waals surface area (Å²) in [6.45, 7) is 4.27. The molecule has 3 N–H and O–H groups in total. The standard InChI is InChI=1S/C26H28F3N7O2S/c27-26(28,29)15-35-5-3-34(4-6-35)14-17-13-21-22(39-17)25(36-7-9-38-10-8-36)33-24(32-21)19-11-16(23(30)37)12-20-18(19)1-2-31-20/h1-2,11-13,31H,3-10,14-15H2,(H2,30,37). The number of carbonyl (C=O) groups excluding carboxylic acids is 1. The molecule has 3 aromatic heterocycles. The van der Waals surface area contributed by atoms with Crippen molar-refractivity contribution in [3.8, 4) is 11.4 Å². The maximum Gasteiger partial charge on any atom is 0.401 e. The molecule has 0 aliphatic carbocycles. The van der Waals surface area contributed by atoms with Crippen molar-refractivity contribution in [3.05, 3.63) is 40.9 Å². The number of rotatable bonds is 6. The minimum atomic E-state index is -4.18. The average Bonchev–Trinajstić information content (AvgIpc) is 3.55. The van der Waals surface area contributed by atoms with Crippen LogP contribution in [0.15, 0.2) is 30.5 Å². The number of morpholine rings is 1.